The van der Waals surface area contributed by atoms with E-state index in [0.29, 0.717) is 32.1 Å². The number of carbonyl (C=O) groups excluding carboxylic acids is 3. The Bertz CT molecular complexity index is 1030. The number of hydrogen-bond acceptors (Lipinski definition) is 5. The zero-order chi connectivity index (χ0) is 23.6. The van der Waals surface area contributed by atoms with Gasteiger partial charge in [-0.25, -0.2) is 9.78 Å². The van der Waals surface area contributed by atoms with E-state index >= 15 is 0 Å². The first kappa shape index (κ1) is 22.8. The first-order valence-electron chi connectivity index (χ1n) is 11.4. The van der Waals surface area contributed by atoms with Crippen molar-refractivity contribution in [2.75, 3.05) is 0 Å². The van der Waals surface area contributed by atoms with E-state index in [-0.39, 0.29) is 40.9 Å². The SMILES string of the molecule is CC(C)(CC1NC(=O)N([C@H]2CC[C@H](Oc3ncccc3C(N)=O)CC2)C1=O)c1ccccc1. The normalized spacial score (nSPS) is 23.3. The second kappa shape index (κ2) is 9.21. The standard InChI is InChI=1S/C25H30N4O4/c1-25(2,16-7-4-3-5-8-16)15-20-23(31)29(24(32)28-20)17-10-12-18(13-11-17)33-22-19(21(26)30)9-6-14-27-22/h3-9,14,17-18,20H,10-13,15H2,1-2H3,(H2,26,30)(H,28,32)/t17-,18-,20?. The third-order valence-corrected chi connectivity index (χ3v) is 6.65. The van der Waals surface area contributed by atoms with Gasteiger partial charge in [-0.05, 0) is 55.2 Å². The lowest BCUT2D eigenvalue weighted by atomic mass is 9.79. The first-order chi connectivity index (χ1) is 15.8. The van der Waals surface area contributed by atoms with Gasteiger partial charge in [-0.15, -0.1) is 0 Å². The van der Waals surface area contributed by atoms with Crippen molar-refractivity contribution in [3.8, 4) is 5.88 Å². The molecule has 1 saturated carbocycles. The van der Waals surface area contributed by atoms with Crippen molar-refractivity contribution in [3.05, 3.63) is 59.8 Å². The van der Waals surface area contributed by atoms with Gasteiger partial charge in [0, 0.05) is 12.2 Å². The molecule has 8 heteroatoms. The average Bonchev–Trinajstić information content (AvgIpc) is 3.07. The highest BCUT2D eigenvalue weighted by Gasteiger charge is 2.45. The second-order valence-electron chi connectivity index (χ2n) is 9.43. The summed E-state index contributed by atoms with van der Waals surface area (Å²) in [6, 6.07) is 12.2. The number of benzene rings is 1. The number of ether oxygens (including phenoxy) is 1. The quantitative estimate of drug-likeness (QED) is 0.629. The molecule has 1 atom stereocenters. The number of rotatable bonds is 7. The van der Waals surface area contributed by atoms with E-state index < -0.39 is 11.9 Å². The van der Waals surface area contributed by atoms with Crippen LogP contribution in [-0.2, 0) is 10.2 Å². The van der Waals surface area contributed by atoms with Crippen molar-refractivity contribution in [1.82, 2.24) is 15.2 Å². The van der Waals surface area contributed by atoms with Crippen LogP contribution in [0, 0.1) is 0 Å². The van der Waals surface area contributed by atoms with Crippen LogP contribution in [0.5, 0.6) is 5.88 Å². The van der Waals surface area contributed by atoms with Gasteiger partial charge in [0.05, 0.1) is 0 Å². The van der Waals surface area contributed by atoms with Gasteiger partial charge in [0.2, 0.25) is 5.88 Å². The zero-order valence-electron chi connectivity index (χ0n) is 19.0. The molecule has 1 aromatic carbocycles. The van der Waals surface area contributed by atoms with Crippen LogP contribution in [0.15, 0.2) is 48.7 Å². The Kier molecular flexibility index (Phi) is 6.35. The van der Waals surface area contributed by atoms with Crippen LogP contribution in [0.25, 0.3) is 0 Å². The summed E-state index contributed by atoms with van der Waals surface area (Å²) in [5.41, 5.74) is 6.53. The highest BCUT2D eigenvalue weighted by molar-refractivity contribution is 6.04. The average molecular weight is 451 g/mol. The number of aromatic nitrogens is 1. The molecule has 1 aromatic heterocycles. The number of imide groups is 1. The Hall–Kier alpha value is -3.42. The van der Waals surface area contributed by atoms with Crippen LogP contribution >= 0.6 is 0 Å². The van der Waals surface area contributed by atoms with Crippen molar-refractivity contribution in [3.63, 3.8) is 0 Å². The lowest BCUT2D eigenvalue weighted by Gasteiger charge is -2.33. The zero-order valence-corrected chi connectivity index (χ0v) is 19.0. The Morgan fingerprint density at radius 1 is 1.12 bits per heavy atom. The smallest absolute Gasteiger partial charge is 0.325 e. The number of amides is 4. The number of urea groups is 1. The monoisotopic (exact) mass is 450 g/mol. The molecular weight excluding hydrogens is 420 g/mol. The number of pyridine rings is 1. The fraction of sp³-hybridized carbons (Fsp3) is 0.440. The summed E-state index contributed by atoms with van der Waals surface area (Å²) in [5.74, 6) is -0.517. The molecule has 2 aliphatic rings. The molecule has 1 unspecified atom stereocenters. The van der Waals surface area contributed by atoms with E-state index in [2.05, 4.69) is 24.1 Å². The number of carbonyl (C=O) groups is 3. The fourth-order valence-corrected chi connectivity index (χ4v) is 4.80. The van der Waals surface area contributed by atoms with E-state index in [0.717, 1.165) is 5.56 Å². The molecule has 33 heavy (non-hydrogen) atoms. The summed E-state index contributed by atoms with van der Waals surface area (Å²) in [4.78, 5) is 43.0. The van der Waals surface area contributed by atoms with Crippen LogP contribution in [0.3, 0.4) is 0 Å². The Morgan fingerprint density at radius 2 is 1.82 bits per heavy atom. The number of hydrogen-bond donors (Lipinski definition) is 2. The number of nitrogens with two attached hydrogens (primary N) is 1. The third kappa shape index (κ3) is 4.84. The van der Waals surface area contributed by atoms with Crippen molar-refractivity contribution < 1.29 is 19.1 Å². The molecule has 2 aromatic rings. The summed E-state index contributed by atoms with van der Waals surface area (Å²) >= 11 is 0. The number of nitrogens with zero attached hydrogens (tertiary/aromatic N) is 2. The van der Waals surface area contributed by atoms with Crippen molar-refractivity contribution in [1.29, 1.82) is 0 Å². The number of nitrogens with one attached hydrogen (secondary N) is 1. The maximum atomic E-state index is 13.2. The molecule has 0 radical (unpaired) electrons. The highest BCUT2D eigenvalue weighted by atomic mass is 16.5. The second-order valence-corrected chi connectivity index (χ2v) is 9.43. The van der Waals surface area contributed by atoms with Crippen molar-refractivity contribution >= 4 is 17.8 Å². The van der Waals surface area contributed by atoms with Gasteiger partial charge >= 0.3 is 6.03 Å². The van der Waals surface area contributed by atoms with E-state index in [9.17, 15) is 14.4 Å². The summed E-state index contributed by atoms with van der Waals surface area (Å²) in [6.07, 6.45) is 4.51. The lowest BCUT2D eigenvalue weighted by molar-refractivity contribution is -0.130. The molecule has 174 valence electrons. The van der Waals surface area contributed by atoms with E-state index in [1.165, 1.54) is 4.90 Å². The van der Waals surface area contributed by atoms with Gasteiger partial charge in [0.1, 0.15) is 17.7 Å². The summed E-state index contributed by atoms with van der Waals surface area (Å²) < 4.78 is 5.93. The maximum absolute atomic E-state index is 13.2. The first-order valence-corrected chi connectivity index (χ1v) is 11.4. The summed E-state index contributed by atoms with van der Waals surface area (Å²) in [5, 5.41) is 2.89. The van der Waals surface area contributed by atoms with Crippen LogP contribution in [0.1, 0.15) is 61.9 Å². The maximum Gasteiger partial charge on any atom is 0.325 e. The van der Waals surface area contributed by atoms with Gasteiger partial charge in [0.25, 0.3) is 11.8 Å². The number of primary amides is 1. The third-order valence-electron chi connectivity index (χ3n) is 6.65. The molecule has 0 bridgehead atoms. The Labute approximate surface area is 193 Å². The van der Waals surface area contributed by atoms with E-state index in [1.807, 2.05) is 30.3 Å². The van der Waals surface area contributed by atoms with Crippen LogP contribution < -0.4 is 15.8 Å². The van der Waals surface area contributed by atoms with Gasteiger partial charge in [-0.3, -0.25) is 14.5 Å². The molecule has 3 N–H and O–H groups in total. The van der Waals surface area contributed by atoms with E-state index in [4.69, 9.17) is 10.5 Å². The molecular formula is C25H30N4O4. The predicted octanol–water partition coefficient (Wildman–Crippen LogP) is 3.16. The Morgan fingerprint density at radius 3 is 2.48 bits per heavy atom. The minimum Gasteiger partial charge on any atom is -0.474 e. The molecule has 4 rings (SSSR count). The minimum absolute atomic E-state index is 0.150. The topological polar surface area (TPSA) is 115 Å². The molecule has 8 nitrogen and oxygen atoms in total. The largest absolute Gasteiger partial charge is 0.474 e. The summed E-state index contributed by atoms with van der Waals surface area (Å²) in [7, 11) is 0. The molecule has 1 aliphatic carbocycles. The predicted molar refractivity (Wildman–Crippen MR) is 123 cm³/mol. The van der Waals surface area contributed by atoms with Gasteiger partial charge in [-0.1, -0.05) is 44.2 Å². The highest BCUT2D eigenvalue weighted by Crippen LogP contribution is 2.33. The molecule has 1 saturated heterocycles. The van der Waals surface area contributed by atoms with Gasteiger partial charge < -0.3 is 15.8 Å². The van der Waals surface area contributed by atoms with Gasteiger partial charge in [0.15, 0.2) is 0 Å². The van der Waals surface area contributed by atoms with E-state index in [1.54, 1.807) is 18.3 Å². The lowest BCUT2D eigenvalue weighted by Crippen LogP contribution is -2.44. The van der Waals surface area contributed by atoms with Crippen LogP contribution in [0.4, 0.5) is 4.79 Å². The molecule has 1 aliphatic heterocycles. The minimum atomic E-state index is -0.587. The molecule has 2 fully saturated rings. The summed E-state index contributed by atoms with van der Waals surface area (Å²) in [6.45, 7) is 4.18. The fourth-order valence-electron chi connectivity index (χ4n) is 4.80. The Balaban J connectivity index is 1.36. The van der Waals surface area contributed by atoms with Crippen molar-refractivity contribution in [2.24, 2.45) is 5.73 Å². The van der Waals surface area contributed by atoms with Crippen LogP contribution in [0.2, 0.25) is 0 Å². The molecule has 4 amide bonds. The van der Waals surface area contributed by atoms with Gasteiger partial charge in [-0.2, -0.15) is 0 Å². The molecule has 0 spiro atoms. The molecule has 2 heterocycles. The van der Waals surface area contributed by atoms with Crippen molar-refractivity contribution in [2.45, 2.75) is 69.6 Å². The van der Waals surface area contributed by atoms with Crippen LogP contribution in [-0.4, -0.2) is 45.9 Å².